The van der Waals surface area contributed by atoms with Gasteiger partial charge < -0.3 is 15.4 Å². The molecule has 1 atom stereocenters. The summed E-state index contributed by atoms with van der Waals surface area (Å²) < 4.78 is 55.8. The molecule has 168 valence electrons. The number of ether oxygens (including phenoxy) is 1. The fraction of sp³-hybridized carbons (Fsp3) is 0.300. The van der Waals surface area contributed by atoms with Crippen molar-refractivity contribution in [3.63, 3.8) is 0 Å². The van der Waals surface area contributed by atoms with Crippen LogP contribution in [0.1, 0.15) is 25.5 Å². The van der Waals surface area contributed by atoms with Gasteiger partial charge in [-0.25, -0.2) is 8.42 Å². The minimum Gasteiger partial charge on any atom is -0.434 e. The maximum atomic E-state index is 12.7. The number of hydrogen-bond donors (Lipinski definition) is 2. The number of halogens is 2. The van der Waals surface area contributed by atoms with E-state index in [0.717, 1.165) is 4.31 Å². The number of para-hydroxylation sites is 1. The summed E-state index contributed by atoms with van der Waals surface area (Å²) in [5.74, 6) is -0.995. The molecule has 31 heavy (non-hydrogen) atoms. The van der Waals surface area contributed by atoms with E-state index in [1.807, 2.05) is 0 Å². The summed E-state index contributed by atoms with van der Waals surface area (Å²) in [6.07, 6.45) is 0. The van der Waals surface area contributed by atoms with Gasteiger partial charge in [0.15, 0.2) is 0 Å². The van der Waals surface area contributed by atoms with E-state index in [2.05, 4.69) is 15.4 Å². The number of sulfonamides is 1. The third kappa shape index (κ3) is 6.72. The van der Waals surface area contributed by atoms with Crippen LogP contribution in [0.3, 0.4) is 0 Å². The molecule has 0 fully saturated rings. The number of nitrogens with one attached hydrogen (secondary N) is 2. The van der Waals surface area contributed by atoms with E-state index in [0.29, 0.717) is 11.3 Å². The van der Waals surface area contributed by atoms with Crippen LogP contribution in [0, 0.1) is 0 Å². The Balaban J connectivity index is 2.05. The summed E-state index contributed by atoms with van der Waals surface area (Å²) in [6, 6.07) is 10.8. The van der Waals surface area contributed by atoms with Crippen LogP contribution in [-0.4, -0.2) is 44.7 Å². The van der Waals surface area contributed by atoms with Crippen molar-refractivity contribution in [2.45, 2.75) is 31.4 Å². The molecule has 2 rings (SSSR count). The molecule has 2 N–H and O–H groups in total. The lowest BCUT2D eigenvalue weighted by Gasteiger charge is -2.21. The maximum Gasteiger partial charge on any atom is 0.387 e. The highest BCUT2D eigenvalue weighted by Gasteiger charge is 2.24. The molecule has 2 aromatic rings. The van der Waals surface area contributed by atoms with Crippen molar-refractivity contribution in [2.75, 3.05) is 18.9 Å². The van der Waals surface area contributed by atoms with Crippen LogP contribution < -0.4 is 15.4 Å². The number of carbonyl (C=O) groups excluding carboxylic acids is 2. The van der Waals surface area contributed by atoms with Crippen molar-refractivity contribution >= 4 is 27.5 Å². The third-order valence-electron chi connectivity index (χ3n) is 4.23. The number of benzene rings is 2. The molecule has 0 radical (unpaired) electrons. The number of carbonyl (C=O) groups is 2. The largest absolute Gasteiger partial charge is 0.434 e. The van der Waals surface area contributed by atoms with Crippen molar-refractivity contribution in [3.8, 4) is 5.75 Å². The predicted molar refractivity (Wildman–Crippen MR) is 110 cm³/mol. The summed E-state index contributed by atoms with van der Waals surface area (Å²) in [5.41, 5.74) is 0.764. The minimum absolute atomic E-state index is 0.0550. The fourth-order valence-corrected chi connectivity index (χ4v) is 3.91. The molecule has 0 aliphatic carbocycles. The lowest BCUT2D eigenvalue weighted by molar-refractivity contribution is -0.121. The number of likely N-dealkylation sites (N-methyl/N-ethyl adjacent to an activating group) is 1. The van der Waals surface area contributed by atoms with Crippen molar-refractivity contribution in [2.24, 2.45) is 0 Å². The van der Waals surface area contributed by atoms with Gasteiger partial charge in [0.2, 0.25) is 21.8 Å². The van der Waals surface area contributed by atoms with Crippen molar-refractivity contribution < 1.29 is 31.5 Å². The van der Waals surface area contributed by atoms with Gasteiger partial charge in [-0.05, 0) is 37.3 Å². The van der Waals surface area contributed by atoms with E-state index in [4.69, 9.17) is 0 Å². The molecule has 0 bridgehead atoms. The van der Waals surface area contributed by atoms with Crippen molar-refractivity contribution in [3.05, 3.63) is 54.1 Å². The first-order chi connectivity index (χ1) is 14.5. The molecule has 0 aliphatic heterocycles. The third-order valence-corrected chi connectivity index (χ3v) is 6.05. The average molecular weight is 455 g/mol. The Kier molecular flexibility index (Phi) is 8.06. The first-order valence-corrected chi connectivity index (χ1v) is 10.6. The zero-order valence-corrected chi connectivity index (χ0v) is 17.9. The summed E-state index contributed by atoms with van der Waals surface area (Å²) in [4.78, 5) is 23.4. The molecule has 11 heteroatoms. The number of alkyl halides is 2. The quantitative estimate of drug-likeness (QED) is 0.605. The zero-order chi connectivity index (χ0) is 23.2. The standard InChI is InChI=1S/C20H23F2N3O5S/c1-13(17-6-4-5-7-18(17)30-20(21)22)23-19(27)12-25(3)31(28,29)16-10-8-15(9-11-16)24-14(2)26/h4-11,13,20H,12H2,1-3H3,(H,23,27)(H,24,26). The average Bonchev–Trinajstić information content (AvgIpc) is 2.67. The van der Waals surface area contributed by atoms with Gasteiger partial charge >= 0.3 is 6.61 Å². The highest BCUT2D eigenvalue weighted by molar-refractivity contribution is 7.89. The Bertz CT molecular complexity index is 1030. The number of nitrogens with zero attached hydrogens (tertiary/aromatic N) is 1. The van der Waals surface area contributed by atoms with E-state index in [9.17, 15) is 26.8 Å². The summed E-state index contributed by atoms with van der Waals surface area (Å²) in [6.45, 7) is -0.605. The minimum atomic E-state index is -3.97. The molecule has 0 saturated carbocycles. The lowest BCUT2D eigenvalue weighted by Crippen LogP contribution is -2.39. The van der Waals surface area contributed by atoms with E-state index in [1.54, 1.807) is 13.0 Å². The van der Waals surface area contributed by atoms with Crippen molar-refractivity contribution in [1.82, 2.24) is 9.62 Å². The number of anilines is 1. The fourth-order valence-electron chi connectivity index (χ4n) is 2.79. The molecule has 2 amide bonds. The molecule has 1 unspecified atom stereocenters. The molecular weight excluding hydrogens is 432 g/mol. The number of hydrogen-bond acceptors (Lipinski definition) is 5. The Labute approximate surface area is 179 Å². The van der Waals surface area contributed by atoms with Gasteiger partial charge in [-0.1, -0.05) is 18.2 Å². The maximum absolute atomic E-state index is 12.7. The SMILES string of the molecule is CC(=O)Nc1ccc(S(=O)(=O)N(C)CC(=O)NC(C)c2ccccc2OC(F)F)cc1. The van der Waals surface area contributed by atoms with Gasteiger partial charge in [-0.2, -0.15) is 13.1 Å². The second-order valence-corrected chi connectivity index (χ2v) is 8.72. The van der Waals surface area contributed by atoms with Crippen LogP contribution in [0.4, 0.5) is 14.5 Å². The first-order valence-electron chi connectivity index (χ1n) is 9.17. The van der Waals surface area contributed by atoms with Crippen LogP contribution in [0.25, 0.3) is 0 Å². The molecule has 0 heterocycles. The van der Waals surface area contributed by atoms with E-state index >= 15 is 0 Å². The highest BCUT2D eigenvalue weighted by atomic mass is 32.2. The summed E-state index contributed by atoms with van der Waals surface area (Å²) in [5, 5.41) is 5.11. The Hall–Kier alpha value is -3.05. The van der Waals surface area contributed by atoms with Crippen LogP contribution in [-0.2, 0) is 19.6 Å². The van der Waals surface area contributed by atoms with E-state index in [-0.39, 0.29) is 16.6 Å². The zero-order valence-electron chi connectivity index (χ0n) is 17.1. The molecule has 2 aromatic carbocycles. The van der Waals surface area contributed by atoms with Gasteiger partial charge in [-0.15, -0.1) is 0 Å². The van der Waals surface area contributed by atoms with E-state index < -0.39 is 35.1 Å². The van der Waals surface area contributed by atoms with Crippen LogP contribution >= 0.6 is 0 Å². The molecule has 8 nitrogen and oxygen atoms in total. The lowest BCUT2D eigenvalue weighted by atomic mass is 10.1. The molecule has 0 spiro atoms. The van der Waals surface area contributed by atoms with Gasteiger partial charge in [0.25, 0.3) is 0 Å². The Morgan fingerprint density at radius 1 is 1.10 bits per heavy atom. The predicted octanol–water partition coefficient (Wildman–Crippen LogP) is 2.74. The van der Waals surface area contributed by atoms with Crippen LogP contribution in [0.2, 0.25) is 0 Å². The topological polar surface area (TPSA) is 105 Å². The van der Waals surface area contributed by atoms with Gasteiger partial charge in [0, 0.05) is 25.2 Å². The van der Waals surface area contributed by atoms with Gasteiger partial charge in [0.1, 0.15) is 5.75 Å². The monoisotopic (exact) mass is 455 g/mol. The molecular formula is C20H23F2N3O5S. The highest BCUT2D eigenvalue weighted by Crippen LogP contribution is 2.26. The smallest absolute Gasteiger partial charge is 0.387 e. The Morgan fingerprint density at radius 2 is 1.71 bits per heavy atom. The molecule has 0 saturated heterocycles. The summed E-state index contributed by atoms with van der Waals surface area (Å²) >= 11 is 0. The normalized spacial score (nSPS) is 12.5. The molecule has 0 aromatic heterocycles. The molecule has 0 aliphatic rings. The van der Waals surface area contributed by atoms with Crippen molar-refractivity contribution in [1.29, 1.82) is 0 Å². The van der Waals surface area contributed by atoms with E-state index in [1.165, 1.54) is 56.4 Å². The summed E-state index contributed by atoms with van der Waals surface area (Å²) in [7, 11) is -2.72. The number of rotatable bonds is 9. The first kappa shape index (κ1) is 24.2. The second kappa shape index (κ2) is 10.3. The van der Waals surface area contributed by atoms with Gasteiger partial charge in [0.05, 0.1) is 17.5 Å². The second-order valence-electron chi connectivity index (χ2n) is 6.67. The van der Waals surface area contributed by atoms with Gasteiger partial charge in [-0.3, -0.25) is 9.59 Å². The van der Waals surface area contributed by atoms with Crippen LogP contribution in [0.15, 0.2) is 53.4 Å². The Morgan fingerprint density at radius 3 is 2.29 bits per heavy atom. The van der Waals surface area contributed by atoms with Crippen LogP contribution in [0.5, 0.6) is 5.75 Å². The number of amides is 2.